The molecule has 0 aromatic heterocycles. The monoisotopic (exact) mass is 647 g/mol. The van der Waals surface area contributed by atoms with Crippen LogP contribution in [0.2, 0.25) is 0 Å². The van der Waals surface area contributed by atoms with Gasteiger partial charge in [-0.05, 0) is 59.7 Å². The van der Waals surface area contributed by atoms with E-state index in [9.17, 15) is 19.2 Å². The Balaban J connectivity index is 1.40. The summed E-state index contributed by atoms with van der Waals surface area (Å²) in [5.41, 5.74) is 4.12. The van der Waals surface area contributed by atoms with Gasteiger partial charge in [-0.15, -0.1) is 0 Å². The Morgan fingerprint density at radius 3 is 1.40 bits per heavy atom. The standard InChI is InChI=1S/C30H21N3O6S4/c34-25(35)16-31-27(38)23(42-29(31)40)14-18-6-10-21(11-7-18)33(20-4-2-1-3-5-20)22-12-8-19(9-13-22)15-24-28(39)32(17-26(36)37)30(41)43-24/h1-15H,16-17H2,(H,34,35)(H,36,37)/b23-14+,24-15+. The van der Waals surface area contributed by atoms with Crippen LogP contribution in [0.5, 0.6) is 0 Å². The molecule has 2 heterocycles. The number of amides is 2. The highest BCUT2D eigenvalue weighted by Crippen LogP contribution is 2.37. The second kappa shape index (κ2) is 12.9. The van der Waals surface area contributed by atoms with Crippen molar-refractivity contribution in [1.82, 2.24) is 9.80 Å². The lowest BCUT2D eigenvalue weighted by molar-refractivity contribution is -0.140. The van der Waals surface area contributed by atoms with Crippen LogP contribution >= 0.6 is 48.0 Å². The topological polar surface area (TPSA) is 118 Å². The Kier molecular flexibility index (Phi) is 9.06. The van der Waals surface area contributed by atoms with E-state index in [1.807, 2.05) is 83.8 Å². The molecule has 2 fully saturated rings. The van der Waals surface area contributed by atoms with Crippen molar-refractivity contribution < 1.29 is 29.4 Å². The first-order valence-electron chi connectivity index (χ1n) is 12.6. The summed E-state index contributed by atoms with van der Waals surface area (Å²) < 4.78 is 0.418. The SMILES string of the molecule is O=C(O)CN1C(=O)/C(=C\c2ccc(N(c3ccccc3)c3ccc(/C=C4/SC(=S)N(CC(=O)O)C4=O)cc3)cc2)SC1=S. The lowest BCUT2D eigenvalue weighted by Crippen LogP contribution is -2.33. The van der Waals surface area contributed by atoms with Gasteiger partial charge in [-0.1, -0.05) is 90.4 Å². The van der Waals surface area contributed by atoms with E-state index >= 15 is 0 Å². The summed E-state index contributed by atoms with van der Waals surface area (Å²) in [7, 11) is 0. The number of anilines is 3. The van der Waals surface area contributed by atoms with Crippen LogP contribution in [0.4, 0.5) is 17.1 Å². The Bertz CT molecular complexity index is 1600. The van der Waals surface area contributed by atoms with Crippen molar-refractivity contribution in [2.75, 3.05) is 18.0 Å². The van der Waals surface area contributed by atoms with Crippen molar-refractivity contribution in [3.8, 4) is 0 Å². The molecule has 0 aliphatic carbocycles. The lowest BCUT2D eigenvalue weighted by Gasteiger charge is -2.25. The van der Waals surface area contributed by atoms with E-state index in [1.54, 1.807) is 12.2 Å². The van der Waals surface area contributed by atoms with Crippen molar-refractivity contribution in [1.29, 1.82) is 0 Å². The van der Waals surface area contributed by atoms with Crippen molar-refractivity contribution in [3.63, 3.8) is 0 Å². The molecular weight excluding hydrogens is 627 g/mol. The summed E-state index contributed by atoms with van der Waals surface area (Å²) in [6, 6.07) is 24.9. The fourth-order valence-corrected chi connectivity index (χ4v) is 6.82. The summed E-state index contributed by atoms with van der Waals surface area (Å²) in [6.07, 6.45) is 3.37. The zero-order chi connectivity index (χ0) is 30.7. The van der Waals surface area contributed by atoms with Gasteiger partial charge in [0.1, 0.15) is 21.7 Å². The number of rotatable bonds is 9. The molecule has 9 nitrogen and oxygen atoms in total. The molecule has 0 saturated carbocycles. The van der Waals surface area contributed by atoms with Crippen LogP contribution in [-0.4, -0.2) is 65.5 Å². The molecule has 216 valence electrons. The molecule has 5 rings (SSSR count). The van der Waals surface area contributed by atoms with Gasteiger partial charge < -0.3 is 15.1 Å². The molecule has 0 unspecified atom stereocenters. The first-order chi connectivity index (χ1) is 20.6. The Morgan fingerprint density at radius 2 is 1.02 bits per heavy atom. The molecule has 2 saturated heterocycles. The third-order valence-corrected chi connectivity index (χ3v) is 9.00. The first-order valence-corrected chi connectivity index (χ1v) is 15.1. The minimum atomic E-state index is -1.13. The Labute approximate surface area is 265 Å². The maximum Gasteiger partial charge on any atom is 0.323 e. The van der Waals surface area contributed by atoms with E-state index in [2.05, 4.69) is 0 Å². The minimum absolute atomic E-state index is 0.209. The zero-order valence-electron chi connectivity index (χ0n) is 22.1. The van der Waals surface area contributed by atoms with E-state index in [1.165, 1.54) is 0 Å². The molecule has 2 aliphatic heterocycles. The normalized spacial score (nSPS) is 16.9. The zero-order valence-corrected chi connectivity index (χ0v) is 25.3. The Morgan fingerprint density at radius 1 is 0.651 bits per heavy atom. The highest BCUT2D eigenvalue weighted by molar-refractivity contribution is 8.27. The lowest BCUT2D eigenvalue weighted by atomic mass is 10.1. The van der Waals surface area contributed by atoms with Crippen LogP contribution < -0.4 is 4.90 Å². The predicted molar refractivity (Wildman–Crippen MR) is 176 cm³/mol. The van der Waals surface area contributed by atoms with Crippen LogP contribution in [0.25, 0.3) is 12.2 Å². The van der Waals surface area contributed by atoms with E-state index in [4.69, 9.17) is 34.6 Å². The summed E-state index contributed by atoms with van der Waals surface area (Å²) in [4.78, 5) is 52.4. The summed E-state index contributed by atoms with van der Waals surface area (Å²) in [6.45, 7) is -0.955. The maximum absolute atomic E-state index is 12.7. The number of thioether (sulfide) groups is 2. The van der Waals surface area contributed by atoms with Gasteiger partial charge in [0.2, 0.25) is 0 Å². The highest BCUT2D eigenvalue weighted by atomic mass is 32.2. The van der Waals surface area contributed by atoms with Crippen LogP contribution in [0.1, 0.15) is 11.1 Å². The smallest absolute Gasteiger partial charge is 0.323 e. The van der Waals surface area contributed by atoms with Gasteiger partial charge in [0.05, 0.1) is 9.81 Å². The molecule has 2 aliphatic rings. The van der Waals surface area contributed by atoms with Crippen molar-refractivity contribution in [3.05, 3.63) is 99.8 Å². The number of carboxylic acids is 2. The molecule has 2 N–H and O–H groups in total. The molecular formula is C30H21N3O6S4. The number of thiocarbonyl (C=S) groups is 2. The van der Waals surface area contributed by atoms with Crippen molar-refractivity contribution in [2.45, 2.75) is 0 Å². The third kappa shape index (κ3) is 6.86. The molecule has 0 radical (unpaired) electrons. The van der Waals surface area contributed by atoms with Gasteiger partial charge in [0, 0.05) is 17.1 Å². The highest BCUT2D eigenvalue weighted by Gasteiger charge is 2.34. The van der Waals surface area contributed by atoms with Gasteiger partial charge >= 0.3 is 11.9 Å². The molecule has 13 heteroatoms. The molecule has 3 aromatic carbocycles. The molecule has 0 spiro atoms. The number of aliphatic carboxylic acids is 2. The largest absolute Gasteiger partial charge is 0.480 e. The molecule has 3 aromatic rings. The first kappa shape index (κ1) is 30.2. The van der Waals surface area contributed by atoms with E-state index in [-0.39, 0.29) is 8.64 Å². The van der Waals surface area contributed by atoms with E-state index < -0.39 is 36.8 Å². The summed E-state index contributed by atoms with van der Waals surface area (Å²) in [5.74, 6) is -3.14. The van der Waals surface area contributed by atoms with Gasteiger partial charge in [-0.3, -0.25) is 29.0 Å². The van der Waals surface area contributed by atoms with Crippen LogP contribution in [0.3, 0.4) is 0 Å². The molecule has 0 atom stereocenters. The third-order valence-electron chi connectivity index (χ3n) is 6.25. The maximum atomic E-state index is 12.7. The quantitative estimate of drug-likeness (QED) is 0.219. The van der Waals surface area contributed by atoms with E-state index in [0.717, 1.165) is 61.5 Å². The fraction of sp³-hybridized carbons (Fsp3) is 0.0667. The van der Waals surface area contributed by atoms with Gasteiger partial charge in [-0.25, -0.2) is 0 Å². The number of carbonyl (C=O) groups excluding carboxylic acids is 2. The van der Waals surface area contributed by atoms with Crippen molar-refractivity contribution >= 4 is 110 Å². The number of benzene rings is 3. The van der Waals surface area contributed by atoms with Gasteiger partial charge in [-0.2, -0.15) is 0 Å². The molecule has 2 amide bonds. The number of carboxylic acid groups (broad SMARTS) is 2. The van der Waals surface area contributed by atoms with Gasteiger partial charge in [0.15, 0.2) is 0 Å². The number of para-hydroxylation sites is 1. The average molecular weight is 648 g/mol. The van der Waals surface area contributed by atoms with E-state index in [0.29, 0.717) is 9.81 Å². The average Bonchev–Trinajstić information content (AvgIpc) is 3.39. The van der Waals surface area contributed by atoms with Gasteiger partial charge in [0.25, 0.3) is 11.8 Å². The number of hydrogen-bond donors (Lipinski definition) is 2. The fourth-order valence-electron chi connectivity index (χ4n) is 4.31. The molecule has 43 heavy (non-hydrogen) atoms. The van der Waals surface area contributed by atoms with Crippen LogP contribution in [0, 0.1) is 0 Å². The second-order valence-corrected chi connectivity index (χ2v) is 12.5. The number of nitrogens with zero attached hydrogens (tertiary/aromatic N) is 3. The van der Waals surface area contributed by atoms with Crippen LogP contribution in [0.15, 0.2) is 88.7 Å². The summed E-state index contributed by atoms with van der Waals surface area (Å²) >= 11 is 12.5. The second-order valence-electron chi connectivity index (χ2n) is 9.18. The Hall–Kier alpha value is -4.30. The summed E-state index contributed by atoms with van der Waals surface area (Å²) in [5, 5.41) is 18.1. The number of hydrogen-bond acceptors (Lipinski definition) is 9. The minimum Gasteiger partial charge on any atom is -0.480 e. The number of carbonyl (C=O) groups is 4. The van der Waals surface area contributed by atoms with Crippen molar-refractivity contribution in [2.24, 2.45) is 0 Å². The predicted octanol–water partition coefficient (Wildman–Crippen LogP) is 5.73. The van der Waals surface area contributed by atoms with Crippen LogP contribution in [-0.2, 0) is 19.2 Å². The molecule has 0 bridgehead atoms.